The van der Waals surface area contributed by atoms with E-state index >= 15 is 0 Å². The Morgan fingerprint density at radius 2 is 1.85 bits per heavy atom. The lowest BCUT2D eigenvalue weighted by molar-refractivity contribution is 0.477. The van der Waals surface area contributed by atoms with Gasteiger partial charge in [-0.15, -0.1) is 11.3 Å². The molecule has 0 unspecified atom stereocenters. The summed E-state index contributed by atoms with van der Waals surface area (Å²) in [6, 6.07) is 13.3. The molecular formula is C21H20N4OS. The number of aromatic hydroxyl groups is 1. The molecule has 5 nitrogen and oxygen atoms in total. The van der Waals surface area contributed by atoms with Crippen molar-refractivity contribution in [2.24, 2.45) is 0 Å². The molecule has 27 heavy (non-hydrogen) atoms. The first-order valence-corrected chi connectivity index (χ1v) is 9.58. The number of thiazole rings is 1. The molecule has 0 atom stereocenters. The molecule has 4 aromatic rings. The Labute approximate surface area is 162 Å². The van der Waals surface area contributed by atoms with Crippen LogP contribution in [0.15, 0.2) is 47.8 Å². The second kappa shape index (κ2) is 6.96. The number of rotatable bonds is 4. The quantitative estimate of drug-likeness (QED) is 0.559. The third-order valence-electron chi connectivity index (χ3n) is 4.40. The molecule has 0 aliphatic rings. The van der Waals surface area contributed by atoms with Crippen molar-refractivity contribution in [1.82, 2.24) is 15.0 Å². The lowest BCUT2D eigenvalue weighted by atomic mass is 10.1. The van der Waals surface area contributed by atoms with Gasteiger partial charge in [-0.2, -0.15) is 0 Å². The third kappa shape index (κ3) is 3.48. The molecule has 0 aliphatic carbocycles. The molecule has 1 N–H and O–H groups in total. The standard InChI is InChI=1S/C21H20N4OS/c1-13-8-9-16-18(10-13)23-20(17-6-4-5-7-19(17)26)24-21(16)25(3)11-15-12-27-14(2)22-15/h4-10,12,26H,11H2,1-3H3. The molecule has 0 amide bonds. The molecular weight excluding hydrogens is 356 g/mol. The van der Waals surface area contributed by atoms with E-state index in [9.17, 15) is 5.11 Å². The molecule has 4 rings (SSSR count). The van der Waals surface area contributed by atoms with Gasteiger partial charge in [0.2, 0.25) is 0 Å². The fraction of sp³-hybridized carbons (Fsp3) is 0.190. The van der Waals surface area contributed by atoms with Crippen LogP contribution in [0.4, 0.5) is 5.82 Å². The summed E-state index contributed by atoms with van der Waals surface area (Å²) >= 11 is 1.65. The molecule has 0 saturated heterocycles. The van der Waals surface area contributed by atoms with Gasteiger partial charge < -0.3 is 10.0 Å². The second-order valence-electron chi connectivity index (χ2n) is 6.62. The number of hydrogen-bond donors (Lipinski definition) is 1. The number of para-hydroxylation sites is 1. The van der Waals surface area contributed by atoms with Crippen LogP contribution >= 0.6 is 11.3 Å². The average molecular weight is 376 g/mol. The van der Waals surface area contributed by atoms with Crippen LogP contribution in [0, 0.1) is 13.8 Å². The lowest BCUT2D eigenvalue weighted by Crippen LogP contribution is -2.19. The van der Waals surface area contributed by atoms with Crippen LogP contribution in [0.2, 0.25) is 0 Å². The first kappa shape index (κ1) is 17.4. The fourth-order valence-corrected chi connectivity index (χ4v) is 3.70. The number of fused-ring (bicyclic) bond motifs is 1. The number of aromatic nitrogens is 3. The van der Waals surface area contributed by atoms with Gasteiger partial charge in [0.15, 0.2) is 5.82 Å². The summed E-state index contributed by atoms with van der Waals surface area (Å²) in [6.07, 6.45) is 0. The lowest BCUT2D eigenvalue weighted by Gasteiger charge is -2.20. The van der Waals surface area contributed by atoms with E-state index < -0.39 is 0 Å². The zero-order valence-electron chi connectivity index (χ0n) is 15.5. The van der Waals surface area contributed by atoms with Crippen molar-refractivity contribution in [1.29, 1.82) is 0 Å². The largest absolute Gasteiger partial charge is 0.507 e. The van der Waals surface area contributed by atoms with Crippen LogP contribution in [-0.2, 0) is 6.54 Å². The van der Waals surface area contributed by atoms with Gasteiger partial charge in [-0.3, -0.25) is 0 Å². The SMILES string of the molecule is Cc1ccc2c(N(C)Cc3csc(C)n3)nc(-c3ccccc3O)nc2c1. The highest BCUT2D eigenvalue weighted by Gasteiger charge is 2.16. The van der Waals surface area contributed by atoms with Crippen molar-refractivity contribution in [3.05, 3.63) is 64.1 Å². The molecule has 2 heterocycles. The van der Waals surface area contributed by atoms with E-state index in [2.05, 4.69) is 27.4 Å². The Bertz CT molecular complexity index is 1120. The Balaban J connectivity index is 1.86. The number of phenols is 1. The summed E-state index contributed by atoms with van der Waals surface area (Å²) < 4.78 is 0. The molecule has 0 radical (unpaired) electrons. The maximum Gasteiger partial charge on any atom is 0.165 e. The summed E-state index contributed by atoms with van der Waals surface area (Å²) in [5.74, 6) is 1.51. The van der Waals surface area contributed by atoms with Gasteiger partial charge in [0, 0.05) is 17.8 Å². The minimum absolute atomic E-state index is 0.174. The van der Waals surface area contributed by atoms with E-state index in [4.69, 9.17) is 9.97 Å². The van der Waals surface area contributed by atoms with Crippen molar-refractivity contribution in [3.8, 4) is 17.1 Å². The van der Waals surface area contributed by atoms with Crippen LogP contribution in [0.25, 0.3) is 22.3 Å². The Kier molecular flexibility index (Phi) is 4.49. The highest BCUT2D eigenvalue weighted by atomic mass is 32.1. The van der Waals surface area contributed by atoms with Crippen LogP contribution in [0.3, 0.4) is 0 Å². The Morgan fingerprint density at radius 3 is 2.59 bits per heavy atom. The van der Waals surface area contributed by atoms with Crippen molar-refractivity contribution >= 4 is 28.1 Å². The highest BCUT2D eigenvalue weighted by Crippen LogP contribution is 2.32. The van der Waals surface area contributed by atoms with Crippen molar-refractivity contribution in [2.75, 3.05) is 11.9 Å². The molecule has 136 valence electrons. The third-order valence-corrected chi connectivity index (χ3v) is 5.23. The predicted octanol–water partition coefficient (Wildman–Crippen LogP) is 4.71. The van der Waals surface area contributed by atoms with E-state index in [-0.39, 0.29) is 5.75 Å². The van der Waals surface area contributed by atoms with Gasteiger partial charge in [-0.05, 0) is 43.7 Å². The summed E-state index contributed by atoms with van der Waals surface area (Å²) in [4.78, 5) is 16.1. The Hall–Kier alpha value is -2.99. The minimum atomic E-state index is 0.174. The van der Waals surface area contributed by atoms with E-state index in [0.29, 0.717) is 17.9 Å². The first-order chi connectivity index (χ1) is 13.0. The number of hydrogen-bond acceptors (Lipinski definition) is 6. The van der Waals surface area contributed by atoms with Crippen molar-refractivity contribution in [2.45, 2.75) is 20.4 Å². The minimum Gasteiger partial charge on any atom is -0.507 e. The fourth-order valence-electron chi connectivity index (χ4n) is 3.10. The second-order valence-corrected chi connectivity index (χ2v) is 7.68. The molecule has 0 bridgehead atoms. The topological polar surface area (TPSA) is 62.1 Å². The van der Waals surface area contributed by atoms with Crippen LogP contribution < -0.4 is 4.90 Å². The van der Waals surface area contributed by atoms with Gasteiger partial charge in [-0.25, -0.2) is 15.0 Å². The van der Waals surface area contributed by atoms with Gasteiger partial charge in [0.05, 0.1) is 28.3 Å². The van der Waals surface area contributed by atoms with E-state index in [1.54, 1.807) is 23.5 Å². The Morgan fingerprint density at radius 1 is 1.04 bits per heavy atom. The number of phenolic OH excluding ortho intramolecular Hbond substituents is 1. The molecule has 6 heteroatoms. The molecule has 0 saturated carbocycles. The van der Waals surface area contributed by atoms with Gasteiger partial charge >= 0.3 is 0 Å². The van der Waals surface area contributed by atoms with Gasteiger partial charge in [0.1, 0.15) is 11.6 Å². The zero-order chi connectivity index (χ0) is 19.0. The zero-order valence-corrected chi connectivity index (χ0v) is 16.3. The molecule has 0 spiro atoms. The predicted molar refractivity (Wildman–Crippen MR) is 110 cm³/mol. The van der Waals surface area contributed by atoms with Gasteiger partial charge in [0.25, 0.3) is 0 Å². The van der Waals surface area contributed by atoms with Gasteiger partial charge in [-0.1, -0.05) is 18.2 Å². The van der Waals surface area contributed by atoms with E-state index in [1.165, 1.54) is 0 Å². The number of nitrogens with zero attached hydrogens (tertiary/aromatic N) is 4. The van der Waals surface area contributed by atoms with E-state index in [0.717, 1.165) is 33.0 Å². The maximum absolute atomic E-state index is 10.3. The van der Waals surface area contributed by atoms with Crippen LogP contribution in [-0.4, -0.2) is 27.1 Å². The average Bonchev–Trinajstić information content (AvgIpc) is 3.05. The normalized spacial score (nSPS) is 11.1. The number of anilines is 1. The maximum atomic E-state index is 10.3. The number of benzene rings is 2. The monoisotopic (exact) mass is 376 g/mol. The summed E-state index contributed by atoms with van der Waals surface area (Å²) in [5.41, 5.74) is 3.63. The highest BCUT2D eigenvalue weighted by molar-refractivity contribution is 7.09. The smallest absolute Gasteiger partial charge is 0.165 e. The molecule has 0 aliphatic heterocycles. The summed E-state index contributed by atoms with van der Waals surface area (Å²) in [7, 11) is 2.00. The summed E-state index contributed by atoms with van der Waals surface area (Å²) in [6.45, 7) is 4.71. The summed E-state index contributed by atoms with van der Waals surface area (Å²) in [5, 5.41) is 14.4. The first-order valence-electron chi connectivity index (χ1n) is 8.70. The van der Waals surface area contributed by atoms with Crippen LogP contribution in [0.1, 0.15) is 16.3 Å². The molecule has 0 fully saturated rings. The van der Waals surface area contributed by atoms with Crippen molar-refractivity contribution < 1.29 is 5.11 Å². The van der Waals surface area contributed by atoms with E-state index in [1.807, 2.05) is 39.1 Å². The molecule has 2 aromatic carbocycles. The van der Waals surface area contributed by atoms with Crippen molar-refractivity contribution in [3.63, 3.8) is 0 Å². The number of aryl methyl sites for hydroxylation is 2. The van der Waals surface area contributed by atoms with Crippen LogP contribution in [0.5, 0.6) is 5.75 Å². The molecule has 2 aromatic heterocycles.